The fourth-order valence-electron chi connectivity index (χ4n) is 5.96. The van der Waals surface area contributed by atoms with Crippen LogP contribution in [0.1, 0.15) is 74.3 Å². The average Bonchev–Trinajstić information content (AvgIpc) is 3.45. The molecule has 5 rings (SSSR count). The topological polar surface area (TPSA) is 92.7 Å². The number of hydrogen-bond donors (Lipinski definition) is 1. The highest BCUT2D eigenvalue weighted by Crippen LogP contribution is 2.45. The van der Waals surface area contributed by atoms with Crippen molar-refractivity contribution < 1.29 is 32.2 Å². The molecule has 0 aliphatic carbocycles. The van der Waals surface area contributed by atoms with Crippen molar-refractivity contribution in [2.24, 2.45) is 7.05 Å². The second kappa shape index (κ2) is 11.7. The van der Waals surface area contributed by atoms with Gasteiger partial charge in [-0.05, 0) is 69.6 Å². The molecule has 0 radical (unpaired) electrons. The molecule has 232 valence electrons. The molecule has 0 atom stereocenters. The lowest BCUT2D eigenvalue weighted by molar-refractivity contribution is -0.141. The summed E-state index contributed by atoms with van der Waals surface area (Å²) < 4.78 is 54.8. The van der Waals surface area contributed by atoms with Crippen LogP contribution in [0.15, 0.2) is 30.5 Å². The Morgan fingerprint density at radius 1 is 1.09 bits per heavy atom. The number of ether oxygens (including phenoxy) is 2. The number of nitrogens with zero attached hydrogens (tertiary/aromatic N) is 4. The number of halogens is 3. The first kappa shape index (κ1) is 30.7. The lowest BCUT2D eigenvalue weighted by Gasteiger charge is -2.29. The number of H-pyrrole nitrogens is 1. The molecule has 1 fully saturated rings. The highest BCUT2D eigenvalue weighted by Gasteiger charge is 2.44. The number of esters is 1. The van der Waals surface area contributed by atoms with Gasteiger partial charge in [0.05, 0.1) is 22.8 Å². The summed E-state index contributed by atoms with van der Waals surface area (Å²) in [5, 5.41) is 3.60. The van der Waals surface area contributed by atoms with E-state index in [2.05, 4.69) is 15.0 Å². The SMILES string of the molecule is CC(C)OC(=O)C1=CN(C(=O)c2ccc(OCCN3CCCCC3)cc2)CC(C)(C)c2c1[nH]c1c2c(C(F)(F)F)nn1C. The van der Waals surface area contributed by atoms with E-state index >= 15 is 0 Å². The van der Waals surface area contributed by atoms with Gasteiger partial charge < -0.3 is 19.4 Å². The van der Waals surface area contributed by atoms with Crippen molar-refractivity contribution in [1.29, 1.82) is 0 Å². The van der Waals surface area contributed by atoms with Gasteiger partial charge in [-0.1, -0.05) is 20.3 Å². The third-order valence-corrected chi connectivity index (χ3v) is 7.91. The molecule has 0 unspecified atom stereocenters. The van der Waals surface area contributed by atoms with E-state index in [9.17, 15) is 22.8 Å². The van der Waals surface area contributed by atoms with Crippen LogP contribution in [0.3, 0.4) is 0 Å². The number of alkyl halides is 3. The van der Waals surface area contributed by atoms with Crippen molar-refractivity contribution in [1.82, 2.24) is 24.6 Å². The number of rotatable bonds is 7. The van der Waals surface area contributed by atoms with Gasteiger partial charge in [0.2, 0.25) is 0 Å². The van der Waals surface area contributed by atoms with Crippen molar-refractivity contribution in [3.8, 4) is 5.75 Å². The minimum Gasteiger partial charge on any atom is -0.492 e. The summed E-state index contributed by atoms with van der Waals surface area (Å²) in [5.74, 6) is -0.529. The van der Waals surface area contributed by atoms with E-state index in [0.717, 1.165) is 24.3 Å². The van der Waals surface area contributed by atoms with E-state index < -0.39 is 35.3 Å². The van der Waals surface area contributed by atoms with Crippen molar-refractivity contribution in [3.63, 3.8) is 0 Å². The average molecular weight is 602 g/mol. The molecule has 1 saturated heterocycles. The number of likely N-dealkylation sites (tertiary alicyclic amines) is 1. The van der Waals surface area contributed by atoms with Crippen LogP contribution in [-0.2, 0) is 28.2 Å². The lowest BCUT2D eigenvalue weighted by Crippen LogP contribution is -2.37. The molecule has 0 bridgehead atoms. The quantitative estimate of drug-likeness (QED) is 0.359. The van der Waals surface area contributed by atoms with E-state index in [-0.39, 0.29) is 34.4 Å². The summed E-state index contributed by atoms with van der Waals surface area (Å²) in [4.78, 5) is 33.9. The number of aromatic amines is 1. The number of carbonyl (C=O) groups excluding carboxylic acids is 2. The zero-order valence-electron chi connectivity index (χ0n) is 25.2. The van der Waals surface area contributed by atoms with E-state index in [1.807, 2.05) is 0 Å². The fourth-order valence-corrected chi connectivity index (χ4v) is 5.96. The molecule has 1 N–H and O–H groups in total. The normalized spacial score (nSPS) is 17.5. The molecule has 1 amide bonds. The Morgan fingerprint density at radius 3 is 2.40 bits per heavy atom. The van der Waals surface area contributed by atoms with Gasteiger partial charge in [0.1, 0.15) is 18.0 Å². The molecule has 2 aliphatic rings. The summed E-state index contributed by atoms with van der Waals surface area (Å²) >= 11 is 0. The van der Waals surface area contributed by atoms with E-state index in [1.54, 1.807) is 52.0 Å². The lowest BCUT2D eigenvalue weighted by atomic mass is 9.81. The van der Waals surface area contributed by atoms with Crippen LogP contribution in [-0.4, -0.2) is 75.3 Å². The molecule has 43 heavy (non-hydrogen) atoms. The summed E-state index contributed by atoms with van der Waals surface area (Å²) in [6, 6.07) is 6.75. The van der Waals surface area contributed by atoms with Gasteiger partial charge in [-0.15, -0.1) is 0 Å². The van der Waals surface area contributed by atoms with Crippen LogP contribution in [0.25, 0.3) is 16.6 Å². The van der Waals surface area contributed by atoms with Crippen LogP contribution in [0.2, 0.25) is 0 Å². The summed E-state index contributed by atoms with van der Waals surface area (Å²) in [7, 11) is 1.41. The maximum atomic E-state index is 14.1. The first-order chi connectivity index (χ1) is 20.3. The Bertz CT molecular complexity index is 1530. The van der Waals surface area contributed by atoms with Crippen molar-refractivity contribution >= 4 is 28.5 Å². The van der Waals surface area contributed by atoms with Gasteiger partial charge in [-0.3, -0.25) is 14.4 Å². The number of carbonyl (C=O) groups is 2. The number of aryl methyl sites for hydroxylation is 1. The zero-order valence-corrected chi connectivity index (χ0v) is 25.2. The molecule has 2 aromatic heterocycles. The van der Waals surface area contributed by atoms with Gasteiger partial charge in [0.15, 0.2) is 5.69 Å². The molecule has 12 heteroatoms. The van der Waals surface area contributed by atoms with Gasteiger partial charge in [0.25, 0.3) is 5.91 Å². The number of nitrogens with one attached hydrogen (secondary N) is 1. The maximum Gasteiger partial charge on any atom is 0.435 e. The van der Waals surface area contributed by atoms with Gasteiger partial charge in [0, 0.05) is 37.3 Å². The largest absolute Gasteiger partial charge is 0.492 e. The van der Waals surface area contributed by atoms with Crippen molar-refractivity contribution in [2.75, 3.05) is 32.8 Å². The molecule has 9 nitrogen and oxygen atoms in total. The third-order valence-electron chi connectivity index (χ3n) is 7.91. The maximum absolute atomic E-state index is 14.1. The number of aromatic nitrogens is 3. The van der Waals surface area contributed by atoms with Crippen molar-refractivity contribution in [3.05, 3.63) is 53.0 Å². The molecule has 1 aromatic carbocycles. The summed E-state index contributed by atoms with van der Waals surface area (Å²) in [6.45, 7) is 10.4. The zero-order chi connectivity index (χ0) is 31.1. The van der Waals surface area contributed by atoms with Crippen LogP contribution in [0.5, 0.6) is 5.75 Å². The van der Waals surface area contributed by atoms with E-state index in [0.29, 0.717) is 17.9 Å². The smallest absolute Gasteiger partial charge is 0.435 e. The monoisotopic (exact) mass is 601 g/mol. The van der Waals surface area contributed by atoms with Crippen molar-refractivity contribution in [2.45, 2.75) is 64.7 Å². The number of hydrogen-bond acceptors (Lipinski definition) is 6. The number of piperidine rings is 1. The molecule has 0 saturated carbocycles. The first-order valence-corrected chi connectivity index (χ1v) is 14.6. The van der Waals surface area contributed by atoms with E-state index in [4.69, 9.17) is 9.47 Å². The summed E-state index contributed by atoms with van der Waals surface area (Å²) in [5.41, 5.74) is -1.20. The van der Waals surface area contributed by atoms with Crippen LogP contribution >= 0.6 is 0 Å². The van der Waals surface area contributed by atoms with Gasteiger partial charge in [-0.2, -0.15) is 18.3 Å². The molecule has 3 aromatic rings. The fraction of sp³-hybridized carbons (Fsp3) is 0.516. The van der Waals surface area contributed by atoms with Crippen LogP contribution in [0, 0.1) is 0 Å². The highest BCUT2D eigenvalue weighted by molar-refractivity contribution is 6.18. The first-order valence-electron chi connectivity index (χ1n) is 14.6. The van der Waals surface area contributed by atoms with Gasteiger partial charge >= 0.3 is 12.1 Å². The molecular formula is C31H38F3N5O4. The standard InChI is InChI=1S/C31H38F3N5O4/c1-19(2)43-29(41)22-17-39(28(40)20-9-11-21(12-10-20)42-16-15-38-13-7-6-8-14-38)18-30(3,4)24-23-26(31(32,33)34)36-37(5)27(23)35-25(22)24/h9-12,17,19,35H,6-8,13-16,18H2,1-5H3. The number of fused-ring (bicyclic) bond motifs is 3. The third kappa shape index (κ3) is 6.29. The summed E-state index contributed by atoms with van der Waals surface area (Å²) in [6.07, 6.45) is -0.164. The molecule has 2 aliphatic heterocycles. The Labute approximate surface area is 248 Å². The molecule has 0 spiro atoms. The second-order valence-corrected chi connectivity index (χ2v) is 12.2. The highest BCUT2D eigenvalue weighted by atomic mass is 19.4. The predicted octanol–water partition coefficient (Wildman–Crippen LogP) is 5.51. The van der Waals surface area contributed by atoms with Crippen LogP contribution < -0.4 is 4.74 Å². The molecular weight excluding hydrogens is 563 g/mol. The number of benzene rings is 1. The Morgan fingerprint density at radius 2 is 1.77 bits per heavy atom. The molecule has 4 heterocycles. The van der Waals surface area contributed by atoms with E-state index in [1.165, 1.54) is 37.4 Å². The Hall–Kier alpha value is -3.80. The Balaban J connectivity index is 1.46. The van der Waals surface area contributed by atoms with Gasteiger partial charge in [-0.25, -0.2) is 4.79 Å². The Kier molecular flexibility index (Phi) is 8.34. The second-order valence-electron chi connectivity index (χ2n) is 12.2. The number of amides is 1. The minimum atomic E-state index is -4.73. The predicted molar refractivity (Wildman–Crippen MR) is 156 cm³/mol. The minimum absolute atomic E-state index is 0.00449. The van der Waals surface area contributed by atoms with Crippen LogP contribution in [0.4, 0.5) is 13.2 Å².